The first-order chi connectivity index (χ1) is 10.2. The summed E-state index contributed by atoms with van der Waals surface area (Å²) >= 11 is 3.51. The minimum Gasteiger partial charge on any atom is -0.332 e. The fraction of sp³-hybridized carbons (Fsp3) is 0.278. The molecule has 3 rings (SSSR count). The molecule has 1 aliphatic heterocycles. The number of nitrogens with zero attached hydrogens (tertiary/aromatic N) is 1. The number of benzene rings is 2. The maximum atomic E-state index is 12.9. The Kier molecular flexibility index (Phi) is 4.11. The van der Waals surface area contributed by atoms with E-state index < -0.39 is 0 Å². The first kappa shape index (κ1) is 14.3. The first-order valence-electron chi connectivity index (χ1n) is 7.29. The van der Waals surface area contributed by atoms with E-state index >= 15 is 0 Å². The average Bonchev–Trinajstić information content (AvgIpc) is 3.00. The van der Waals surface area contributed by atoms with Gasteiger partial charge in [0.05, 0.1) is 6.04 Å². The van der Waals surface area contributed by atoms with Crippen molar-refractivity contribution in [3.8, 4) is 0 Å². The zero-order valence-electron chi connectivity index (χ0n) is 12.1. The van der Waals surface area contributed by atoms with Crippen molar-refractivity contribution in [2.75, 3.05) is 6.54 Å². The Bertz CT molecular complexity index is 654. The highest BCUT2D eigenvalue weighted by atomic mass is 79.9. The van der Waals surface area contributed by atoms with Gasteiger partial charge in [0, 0.05) is 16.6 Å². The number of halogens is 1. The molecule has 0 aliphatic carbocycles. The second-order valence-electron chi connectivity index (χ2n) is 5.48. The molecule has 2 aromatic carbocycles. The number of hydrogen-bond acceptors (Lipinski definition) is 1. The van der Waals surface area contributed by atoms with Crippen molar-refractivity contribution >= 4 is 21.8 Å². The zero-order valence-corrected chi connectivity index (χ0v) is 13.6. The summed E-state index contributed by atoms with van der Waals surface area (Å²) in [6.45, 7) is 2.83. The van der Waals surface area contributed by atoms with Gasteiger partial charge < -0.3 is 4.90 Å². The molecule has 0 aromatic heterocycles. The van der Waals surface area contributed by atoms with Gasteiger partial charge in [0.1, 0.15) is 0 Å². The molecule has 1 atom stereocenters. The molecule has 21 heavy (non-hydrogen) atoms. The third kappa shape index (κ3) is 2.75. The molecular weight excluding hydrogens is 326 g/mol. The van der Waals surface area contributed by atoms with Crippen LogP contribution in [0.15, 0.2) is 53.0 Å². The summed E-state index contributed by atoms with van der Waals surface area (Å²) < 4.78 is 0.990. The van der Waals surface area contributed by atoms with Gasteiger partial charge in [-0.2, -0.15) is 0 Å². The van der Waals surface area contributed by atoms with E-state index in [0.29, 0.717) is 0 Å². The quantitative estimate of drug-likeness (QED) is 0.771. The normalized spacial score (nSPS) is 18.0. The van der Waals surface area contributed by atoms with Gasteiger partial charge in [-0.05, 0) is 43.0 Å². The third-order valence-corrected chi connectivity index (χ3v) is 5.06. The lowest BCUT2D eigenvalue weighted by Gasteiger charge is -2.26. The van der Waals surface area contributed by atoms with Crippen LogP contribution in [-0.2, 0) is 0 Å². The number of carbonyl (C=O) groups is 1. The van der Waals surface area contributed by atoms with Crippen LogP contribution in [0.3, 0.4) is 0 Å². The summed E-state index contributed by atoms with van der Waals surface area (Å²) in [5.41, 5.74) is 3.05. The highest BCUT2D eigenvalue weighted by Crippen LogP contribution is 2.34. The highest BCUT2D eigenvalue weighted by Gasteiger charge is 2.31. The van der Waals surface area contributed by atoms with Crippen molar-refractivity contribution in [1.29, 1.82) is 0 Å². The van der Waals surface area contributed by atoms with Crippen molar-refractivity contribution in [2.45, 2.75) is 25.8 Å². The van der Waals surface area contributed by atoms with Crippen molar-refractivity contribution in [3.05, 3.63) is 69.7 Å². The van der Waals surface area contributed by atoms with Gasteiger partial charge in [-0.3, -0.25) is 4.79 Å². The molecule has 0 spiro atoms. The molecule has 1 saturated heterocycles. The molecular formula is C18H18BrNO. The molecule has 108 valence electrons. The van der Waals surface area contributed by atoms with Crippen molar-refractivity contribution in [2.24, 2.45) is 0 Å². The summed E-state index contributed by atoms with van der Waals surface area (Å²) in [6.07, 6.45) is 2.11. The molecule has 2 aromatic rings. The van der Waals surface area contributed by atoms with E-state index in [0.717, 1.165) is 35.0 Å². The lowest BCUT2D eigenvalue weighted by molar-refractivity contribution is 0.0735. The number of carbonyl (C=O) groups excluding carboxylic acids is 1. The molecule has 1 fully saturated rings. The minimum atomic E-state index is 0.139. The second-order valence-corrected chi connectivity index (χ2v) is 6.33. The molecule has 0 N–H and O–H groups in total. The molecule has 0 bridgehead atoms. The van der Waals surface area contributed by atoms with E-state index in [-0.39, 0.29) is 11.9 Å². The maximum absolute atomic E-state index is 12.9. The topological polar surface area (TPSA) is 20.3 Å². The van der Waals surface area contributed by atoms with Gasteiger partial charge in [0.2, 0.25) is 0 Å². The Hall–Kier alpha value is -1.61. The predicted octanol–water partition coefficient (Wildman–Crippen LogP) is 4.73. The van der Waals surface area contributed by atoms with Gasteiger partial charge in [0.15, 0.2) is 0 Å². The molecule has 0 radical (unpaired) electrons. The summed E-state index contributed by atoms with van der Waals surface area (Å²) in [5, 5.41) is 0. The summed E-state index contributed by atoms with van der Waals surface area (Å²) in [4.78, 5) is 14.9. The Balaban J connectivity index is 1.92. The highest BCUT2D eigenvalue weighted by molar-refractivity contribution is 9.10. The third-order valence-electron chi connectivity index (χ3n) is 4.20. The van der Waals surface area contributed by atoms with Crippen molar-refractivity contribution in [3.63, 3.8) is 0 Å². The molecule has 2 nitrogen and oxygen atoms in total. The van der Waals surface area contributed by atoms with E-state index in [1.165, 1.54) is 5.56 Å². The van der Waals surface area contributed by atoms with Crippen molar-refractivity contribution < 1.29 is 4.79 Å². The van der Waals surface area contributed by atoms with E-state index in [2.05, 4.69) is 28.1 Å². The Morgan fingerprint density at radius 3 is 2.67 bits per heavy atom. The van der Waals surface area contributed by atoms with Crippen LogP contribution in [-0.4, -0.2) is 17.4 Å². The Morgan fingerprint density at radius 2 is 1.90 bits per heavy atom. The van der Waals surface area contributed by atoms with E-state index in [1.54, 1.807) is 0 Å². The standard InChI is InChI=1S/C18H18BrNO/c1-13-15(9-5-10-16(13)19)18(21)20-12-6-11-17(20)14-7-3-2-4-8-14/h2-5,7-10,17H,6,11-12H2,1H3. The fourth-order valence-corrected chi connectivity index (χ4v) is 3.39. The van der Waals surface area contributed by atoms with Crippen LogP contribution in [0.1, 0.15) is 40.4 Å². The number of rotatable bonds is 2. The van der Waals surface area contributed by atoms with Crippen LogP contribution in [0.4, 0.5) is 0 Å². The van der Waals surface area contributed by atoms with E-state index in [1.807, 2.05) is 48.2 Å². The maximum Gasteiger partial charge on any atom is 0.254 e. The van der Waals surface area contributed by atoms with Crippen LogP contribution in [0.25, 0.3) is 0 Å². The zero-order chi connectivity index (χ0) is 14.8. The van der Waals surface area contributed by atoms with Gasteiger partial charge in [-0.25, -0.2) is 0 Å². The molecule has 1 amide bonds. The predicted molar refractivity (Wildman–Crippen MR) is 88.3 cm³/mol. The minimum absolute atomic E-state index is 0.139. The second kappa shape index (κ2) is 6.02. The van der Waals surface area contributed by atoms with Crippen LogP contribution < -0.4 is 0 Å². The number of hydrogen-bond donors (Lipinski definition) is 0. The fourth-order valence-electron chi connectivity index (χ4n) is 3.03. The number of amides is 1. The molecule has 1 aliphatic rings. The van der Waals surface area contributed by atoms with Gasteiger partial charge in [-0.15, -0.1) is 0 Å². The molecule has 1 unspecified atom stereocenters. The summed E-state index contributed by atoms with van der Waals surface area (Å²) in [6, 6.07) is 16.4. The largest absolute Gasteiger partial charge is 0.332 e. The molecule has 0 saturated carbocycles. The van der Waals surface area contributed by atoms with Gasteiger partial charge in [-0.1, -0.05) is 52.3 Å². The van der Waals surface area contributed by atoms with Crippen molar-refractivity contribution in [1.82, 2.24) is 4.90 Å². The van der Waals surface area contributed by atoms with E-state index in [4.69, 9.17) is 0 Å². The molecule has 1 heterocycles. The summed E-state index contributed by atoms with van der Waals surface area (Å²) in [7, 11) is 0. The Labute approximate surface area is 133 Å². The first-order valence-corrected chi connectivity index (χ1v) is 8.09. The van der Waals surface area contributed by atoms with Crippen LogP contribution >= 0.6 is 15.9 Å². The Morgan fingerprint density at radius 1 is 1.14 bits per heavy atom. The summed E-state index contributed by atoms with van der Waals surface area (Å²) in [5.74, 6) is 0.139. The van der Waals surface area contributed by atoms with Gasteiger partial charge in [0.25, 0.3) is 5.91 Å². The number of likely N-dealkylation sites (tertiary alicyclic amines) is 1. The lowest BCUT2D eigenvalue weighted by Crippen LogP contribution is -2.31. The lowest BCUT2D eigenvalue weighted by atomic mass is 10.0. The van der Waals surface area contributed by atoms with Gasteiger partial charge >= 0.3 is 0 Å². The average molecular weight is 344 g/mol. The van der Waals surface area contributed by atoms with Crippen LogP contribution in [0.2, 0.25) is 0 Å². The smallest absolute Gasteiger partial charge is 0.254 e. The van der Waals surface area contributed by atoms with Crippen LogP contribution in [0, 0.1) is 6.92 Å². The SMILES string of the molecule is Cc1c(Br)cccc1C(=O)N1CCCC1c1ccccc1. The van der Waals surface area contributed by atoms with Crippen LogP contribution in [0.5, 0.6) is 0 Å². The molecule has 3 heteroatoms. The monoisotopic (exact) mass is 343 g/mol. The van der Waals surface area contributed by atoms with E-state index in [9.17, 15) is 4.79 Å².